The zero-order valence-corrected chi connectivity index (χ0v) is 13.2. The second kappa shape index (κ2) is 7.04. The molecule has 110 valence electrons. The molecule has 0 saturated heterocycles. The van der Waals surface area contributed by atoms with Gasteiger partial charge in [-0.05, 0) is 47.2 Å². The molecule has 1 aromatic heterocycles. The van der Waals surface area contributed by atoms with Crippen LogP contribution in [0.2, 0.25) is 0 Å². The first-order valence-electron chi connectivity index (χ1n) is 7.03. The van der Waals surface area contributed by atoms with E-state index in [2.05, 4.69) is 38.6 Å². The second-order valence-corrected chi connectivity index (χ2v) is 6.39. The van der Waals surface area contributed by atoms with E-state index in [1.165, 1.54) is 19.3 Å². The summed E-state index contributed by atoms with van der Waals surface area (Å²) >= 11 is 3.33. The summed E-state index contributed by atoms with van der Waals surface area (Å²) in [6.07, 6.45) is 7.29. The Labute approximate surface area is 127 Å². The van der Waals surface area contributed by atoms with Crippen molar-refractivity contribution < 1.29 is 4.79 Å². The highest BCUT2D eigenvalue weighted by Gasteiger charge is 2.20. The summed E-state index contributed by atoms with van der Waals surface area (Å²) in [4.78, 5) is 16.5. The van der Waals surface area contributed by atoms with Gasteiger partial charge >= 0.3 is 0 Å². The minimum Gasteiger partial charge on any atom is -0.349 e. The zero-order chi connectivity index (χ0) is 14.5. The Balaban J connectivity index is 2.06. The van der Waals surface area contributed by atoms with Crippen LogP contribution in [0.4, 0.5) is 5.82 Å². The van der Waals surface area contributed by atoms with Crippen LogP contribution in [0.1, 0.15) is 49.4 Å². The maximum absolute atomic E-state index is 12.4. The molecule has 2 atom stereocenters. The van der Waals surface area contributed by atoms with Gasteiger partial charge in [0.05, 0.1) is 5.56 Å². The van der Waals surface area contributed by atoms with E-state index in [4.69, 9.17) is 5.84 Å². The number of nitrogens with zero attached hydrogens (tertiary/aromatic N) is 1. The minimum atomic E-state index is -0.119. The third-order valence-electron chi connectivity index (χ3n) is 3.83. The molecule has 20 heavy (non-hydrogen) atoms. The van der Waals surface area contributed by atoms with Crippen molar-refractivity contribution in [3.05, 3.63) is 22.3 Å². The highest BCUT2D eigenvalue weighted by molar-refractivity contribution is 9.10. The van der Waals surface area contributed by atoms with Crippen LogP contribution in [0.25, 0.3) is 0 Å². The summed E-state index contributed by atoms with van der Waals surface area (Å²) in [6, 6.07) is 1.98. The number of rotatable bonds is 3. The van der Waals surface area contributed by atoms with Crippen molar-refractivity contribution in [2.75, 3.05) is 5.43 Å². The van der Waals surface area contributed by atoms with Gasteiger partial charge in [0.25, 0.3) is 5.91 Å². The molecule has 2 unspecified atom stereocenters. The van der Waals surface area contributed by atoms with Crippen LogP contribution in [0.3, 0.4) is 0 Å². The monoisotopic (exact) mass is 340 g/mol. The molecule has 4 N–H and O–H groups in total. The van der Waals surface area contributed by atoms with Gasteiger partial charge in [0.2, 0.25) is 0 Å². The fourth-order valence-electron chi connectivity index (χ4n) is 2.62. The number of carbonyl (C=O) groups excluding carboxylic acids is 1. The van der Waals surface area contributed by atoms with E-state index >= 15 is 0 Å². The van der Waals surface area contributed by atoms with Crippen molar-refractivity contribution in [1.29, 1.82) is 0 Å². The van der Waals surface area contributed by atoms with E-state index in [-0.39, 0.29) is 11.9 Å². The van der Waals surface area contributed by atoms with Gasteiger partial charge in [-0.3, -0.25) is 4.79 Å². The van der Waals surface area contributed by atoms with Crippen molar-refractivity contribution in [3.63, 3.8) is 0 Å². The molecule has 0 spiro atoms. The molecule has 1 aliphatic carbocycles. The number of halogens is 1. The quantitative estimate of drug-likeness (QED) is 0.449. The Morgan fingerprint density at radius 1 is 1.40 bits per heavy atom. The molecule has 0 radical (unpaired) electrons. The third-order valence-corrected chi connectivity index (χ3v) is 4.26. The van der Waals surface area contributed by atoms with Crippen molar-refractivity contribution in [2.24, 2.45) is 11.8 Å². The minimum absolute atomic E-state index is 0.119. The number of nitrogen functional groups attached to an aromatic ring is 1. The standard InChI is InChI=1S/C14H21BrN4O/c1-9-3-2-4-11(6-5-9)18-14(20)12-7-10(15)8-17-13(12)19-16/h7-9,11H,2-6,16H2,1H3,(H,17,19)(H,18,20). The van der Waals surface area contributed by atoms with Gasteiger partial charge in [-0.1, -0.05) is 19.8 Å². The van der Waals surface area contributed by atoms with E-state index in [1.54, 1.807) is 12.3 Å². The molecule has 1 fully saturated rings. The first-order valence-corrected chi connectivity index (χ1v) is 7.82. The topological polar surface area (TPSA) is 80.0 Å². The SMILES string of the molecule is CC1CCCC(NC(=O)c2cc(Br)cnc2NN)CC1. The maximum Gasteiger partial charge on any atom is 0.255 e. The molecule has 2 rings (SSSR count). The Bertz CT molecular complexity index is 480. The summed E-state index contributed by atoms with van der Waals surface area (Å²) in [7, 11) is 0. The average Bonchev–Trinajstić information content (AvgIpc) is 2.63. The van der Waals surface area contributed by atoms with Gasteiger partial charge in [-0.15, -0.1) is 0 Å². The molecule has 1 aromatic rings. The largest absolute Gasteiger partial charge is 0.349 e. The number of nitrogens with two attached hydrogens (primary N) is 1. The number of anilines is 1. The van der Waals surface area contributed by atoms with E-state index in [9.17, 15) is 4.79 Å². The first-order chi connectivity index (χ1) is 9.60. The van der Waals surface area contributed by atoms with Gasteiger partial charge < -0.3 is 10.7 Å². The van der Waals surface area contributed by atoms with Gasteiger partial charge in [0, 0.05) is 16.7 Å². The predicted molar refractivity (Wildman–Crippen MR) is 83.3 cm³/mol. The normalized spacial score (nSPS) is 22.9. The van der Waals surface area contributed by atoms with Crippen LogP contribution in [0.15, 0.2) is 16.7 Å². The van der Waals surface area contributed by atoms with Crippen molar-refractivity contribution in [3.8, 4) is 0 Å². The Morgan fingerprint density at radius 3 is 2.95 bits per heavy atom. The Hall–Kier alpha value is -1.14. The number of nitrogens with one attached hydrogen (secondary N) is 2. The molecule has 5 nitrogen and oxygen atoms in total. The predicted octanol–water partition coefficient (Wildman–Crippen LogP) is 2.83. The zero-order valence-electron chi connectivity index (χ0n) is 11.7. The lowest BCUT2D eigenvalue weighted by Gasteiger charge is -2.17. The van der Waals surface area contributed by atoms with Crippen LogP contribution in [-0.4, -0.2) is 16.9 Å². The Kier molecular flexibility index (Phi) is 5.37. The van der Waals surface area contributed by atoms with Crippen LogP contribution < -0.4 is 16.6 Å². The molecule has 1 aliphatic rings. The third kappa shape index (κ3) is 3.93. The molecular weight excluding hydrogens is 320 g/mol. The summed E-state index contributed by atoms with van der Waals surface area (Å²) in [5, 5.41) is 3.10. The molecule has 0 bridgehead atoms. The fraction of sp³-hybridized carbons (Fsp3) is 0.571. The van der Waals surface area contributed by atoms with Gasteiger partial charge in [0.1, 0.15) is 0 Å². The lowest BCUT2D eigenvalue weighted by molar-refractivity contribution is 0.0933. The highest BCUT2D eigenvalue weighted by Crippen LogP contribution is 2.23. The van der Waals surface area contributed by atoms with Crippen molar-refractivity contribution >= 4 is 27.7 Å². The molecule has 0 aromatic carbocycles. The molecule has 0 aliphatic heterocycles. The van der Waals surface area contributed by atoms with Gasteiger partial charge in [0.15, 0.2) is 5.82 Å². The van der Waals surface area contributed by atoms with Crippen LogP contribution >= 0.6 is 15.9 Å². The molecule has 1 saturated carbocycles. The average molecular weight is 341 g/mol. The van der Waals surface area contributed by atoms with Crippen molar-refractivity contribution in [2.45, 2.75) is 45.1 Å². The van der Waals surface area contributed by atoms with E-state index in [1.807, 2.05) is 0 Å². The number of pyridine rings is 1. The Morgan fingerprint density at radius 2 is 2.20 bits per heavy atom. The van der Waals surface area contributed by atoms with Crippen LogP contribution in [0.5, 0.6) is 0 Å². The first kappa shape index (κ1) is 15.3. The maximum atomic E-state index is 12.4. The molecule has 6 heteroatoms. The smallest absolute Gasteiger partial charge is 0.255 e. The number of carbonyl (C=O) groups is 1. The number of amides is 1. The number of hydrazine groups is 1. The highest BCUT2D eigenvalue weighted by atomic mass is 79.9. The lowest BCUT2D eigenvalue weighted by Crippen LogP contribution is -2.35. The fourth-order valence-corrected chi connectivity index (χ4v) is 2.95. The summed E-state index contributed by atoms with van der Waals surface area (Å²) in [5.41, 5.74) is 2.94. The number of hydrogen-bond acceptors (Lipinski definition) is 4. The van der Waals surface area contributed by atoms with E-state index in [0.29, 0.717) is 11.4 Å². The van der Waals surface area contributed by atoms with Gasteiger partial charge in [-0.25, -0.2) is 10.8 Å². The van der Waals surface area contributed by atoms with Crippen LogP contribution in [0, 0.1) is 5.92 Å². The summed E-state index contributed by atoms with van der Waals surface area (Å²) in [5.74, 6) is 6.44. The molecule has 1 heterocycles. The summed E-state index contributed by atoms with van der Waals surface area (Å²) < 4.78 is 0.760. The number of aromatic nitrogens is 1. The van der Waals surface area contributed by atoms with Crippen molar-refractivity contribution in [1.82, 2.24) is 10.3 Å². The molecular formula is C14H21BrN4O. The number of hydrogen-bond donors (Lipinski definition) is 3. The van der Waals surface area contributed by atoms with Gasteiger partial charge in [-0.2, -0.15) is 0 Å². The lowest BCUT2D eigenvalue weighted by atomic mass is 10.0. The van der Waals surface area contributed by atoms with E-state index < -0.39 is 0 Å². The van der Waals surface area contributed by atoms with Crippen LogP contribution in [-0.2, 0) is 0 Å². The summed E-state index contributed by atoms with van der Waals surface area (Å²) in [6.45, 7) is 2.28. The van der Waals surface area contributed by atoms with E-state index in [0.717, 1.165) is 23.2 Å². The second-order valence-electron chi connectivity index (χ2n) is 5.48. The molecule has 1 amide bonds.